The van der Waals surface area contributed by atoms with E-state index in [2.05, 4.69) is 24.4 Å². The van der Waals surface area contributed by atoms with Crippen molar-refractivity contribution in [3.63, 3.8) is 0 Å². The third kappa shape index (κ3) is 2.84. The van der Waals surface area contributed by atoms with E-state index in [1.54, 1.807) is 0 Å². The molecule has 0 bridgehead atoms. The van der Waals surface area contributed by atoms with E-state index in [1.165, 1.54) is 18.4 Å². The normalized spacial score (nSPS) is 22.9. The molecule has 20 heavy (non-hydrogen) atoms. The summed E-state index contributed by atoms with van der Waals surface area (Å²) in [6.07, 6.45) is 3.43. The van der Waals surface area contributed by atoms with Gasteiger partial charge in [-0.2, -0.15) is 0 Å². The Balaban J connectivity index is 2.20. The van der Waals surface area contributed by atoms with Crippen molar-refractivity contribution in [1.82, 2.24) is 5.32 Å². The molecule has 0 spiro atoms. The highest BCUT2D eigenvalue weighted by molar-refractivity contribution is 6.06. The first kappa shape index (κ1) is 14.6. The van der Waals surface area contributed by atoms with Crippen LogP contribution in [0.1, 0.15) is 39.2 Å². The standard InChI is InChI=1S/C16H22N2O2/c1-4-5-6-13-7-9-14(10-8-13)18-11(2)15(19)17-16(20)12(18)3/h7-12H,4-6H2,1-3H3,(H,17,19,20). The molecule has 4 heteroatoms. The maximum atomic E-state index is 11.8. The number of hydrogen-bond acceptors (Lipinski definition) is 3. The molecule has 0 radical (unpaired) electrons. The zero-order chi connectivity index (χ0) is 14.7. The SMILES string of the molecule is CCCCc1ccc(N2C(C)C(=O)NC(=O)C2C)cc1. The van der Waals surface area contributed by atoms with Gasteiger partial charge in [-0.25, -0.2) is 0 Å². The number of imide groups is 1. The van der Waals surface area contributed by atoms with Crippen molar-refractivity contribution in [2.45, 2.75) is 52.1 Å². The number of benzene rings is 1. The summed E-state index contributed by atoms with van der Waals surface area (Å²) in [5.74, 6) is -0.466. The number of carbonyl (C=O) groups excluding carboxylic acids is 2. The lowest BCUT2D eigenvalue weighted by atomic mass is 10.0. The number of aryl methyl sites for hydroxylation is 1. The number of nitrogens with one attached hydrogen (secondary N) is 1. The molecule has 1 N–H and O–H groups in total. The second-order valence-electron chi connectivity index (χ2n) is 5.38. The monoisotopic (exact) mass is 274 g/mol. The number of carbonyl (C=O) groups is 2. The smallest absolute Gasteiger partial charge is 0.249 e. The van der Waals surface area contributed by atoms with Crippen molar-refractivity contribution in [3.05, 3.63) is 29.8 Å². The van der Waals surface area contributed by atoms with Crippen LogP contribution >= 0.6 is 0 Å². The molecule has 2 rings (SSSR count). The lowest BCUT2D eigenvalue weighted by Gasteiger charge is -2.38. The number of unbranched alkanes of at least 4 members (excludes halogenated alkanes) is 1. The number of anilines is 1. The van der Waals surface area contributed by atoms with Crippen LogP contribution < -0.4 is 10.2 Å². The van der Waals surface area contributed by atoms with Crippen molar-refractivity contribution in [3.8, 4) is 0 Å². The Kier molecular flexibility index (Phi) is 4.42. The van der Waals surface area contributed by atoms with E-state index in [4.69, 9.17) is 0 Å². The van der Waals surface area contributed by atoms with Gasteiger partial charge < -0.3 is 4.90 Å². The summed E-state index contributed by atoms with van der Waals surface area (Å²) in [6.45, 7) is 5.82. The first-order valence-electron chi connectivity index (χ1n) is 7.26. The predicted octanol–water partition coefficient (Wildman–Crippen LogP) is 2.27. The highest BCUT2D eigenvalue weighted by Crippen LogP contribution is 2.23. The number of piperazine rings is 1. The summed E-state index contributed by atoms with van der Waals surface area (Å²) in [5, 5.41) is 2.40. The molecule has 1 heterocycles. The van der Waals surface area contributed by atoms with Gasteiger partial charge in [-0.15, -0.1) is 0 Å². The van der Waals surface area contributed by atoms with Crippen LogP contribution in [0.5, 0.6) is 0 Å². The van der Waals surface area contributed by atoms with Crippen molar-refractivity contribution in [2.24, 2.45) is 0 Å². The van der Waals surface area contributed by atoms with Gasteiger partial charge >= 0.3 is 0 Å². The molecule has 2 unspecified atom stereocenters. The molecular weight excluding hydrogens is 252 g/mol. The molecule has 0 saturated carbocycles. The van der Waals surface area contributed by atoms with E-state index < -0.39 is 0 Å². The summed E-state index contributed by atoms with van der Waals surface area (Å²) in [6, 6.07) is 7.52. The molecule has 0 aliphatic carbocycles. The Hall–Kier alpha value is -1.84. The maximum Gasteiger partial charge on any atom is 0.249 e. The third-order valence-electron chi connectivity index (χ3n) is 3.89. The molecule has 108 valence electrons. The Bertz CT molecular complexity index is 476. The van der Waals surface area contributed by atoms with E-state index in [0.717, 1.165) is 12.1 Å². The van der Waals surface area contributed by atoms with Crippen LogP contribution in [-0.2, 0) is 16.0 Å². The first-order chi connectivity index (χ1) is 9.54. The highest BCUT2D eigenvalue weighted by atomic mass is 16.2. The van der Waals surface area contributed by atoms with Gasteiger partial charge in [0.05, 0.1) is 0 Å². The third-order valence-corrected chi connectivity index (χ3v) is 3.89. The lowest BCUT2D eigenvalue weighted by Crippen LogP contribution is -2.61. The first-order valence-corrected chi connectivity index (χ1v) is 7.26. The summed E-state index contributed by atoms with van der Waals surface area (Å²) in [4.78, 5) is 25.4. The minimum Gasteiger partial charge on any atom is -0.348 e. The molecule has 2 atom stereocenters. The summed E-state index contributed by atoms with van der Waals surface area (Å²) in [5.41, 5.74) is 2.22. The summed E-state index contributed by atoms with van der Waals surface area (Å²) >= 11 is 0. The fourth-order valence-electron chi connectivity index (χ4n) is 2.58. The topological polar surface area (TPSA) is 49.4 Å². The Morgan fingerprint density at radius 1 is 1.05 bits per heavy atom. The average molecular weight is 274 g/mol. The van der Waals surface area contributed by atoms with E-state index in [9.17, 15) is 9.59 Å². The zero-order valence-electron chi connectivity index (χ0n) is 12.3. The molecule has 2 amide bonds. The van der Waals surface area contributed by atoms with Crippen molar-refractivity contribution < 1.29 is 9.59 Å². The molecule has 1 aliphatic heterocycles. The fourth-order valence-corrected chi connectivity index (χ4v) is 2.58. The van der Waals surface area contributed by atoms with E-state index in [1.807, 2.05) is 30.9 Å². The van der Waals surface area contributed by atoms with Crippen molar-refractivity contribution in [1.29, 1.82) is 0 Å². The fraction of sp³-hybridized carbons (Fsp3) is 0.500. The summed E-state index contributed by atoms with van der Waals surface area (Å²) < 4.78 is 0. The van der Waals surface area contributed by atoms with Crippen LogP contribution in [0.25, 0.3) is 0 Å². The van der Waals surface area contributed by atoms with Crippen LogP contribution in [0, 0.1) is 0 Å². The average Bonchev–Trinajstić information content (AvgIpc) is 2.44. The maximum absolute atomic E-state index is 11.8. The Labute approximate surface area is 120 Å². The largest absolute Gasteiger partial charge is 0.348 e. The van der Waals surface area contributed by atoms with Crippen LogP contribution in [-0.4, -0.2) is 23.9 Å². The number of amides is 2. The van der Waals surface area contributed by atoms with Crippen LogP contribution in [0.3, 0.4) is 0 Å². The van der Waals surface area contributed by atoms with E-state index >= 15 is 0 Å². The van der Waals surface area contributed by atoms with Gasteiger partial charge in [-0.05, 0) is 44.4 Å². The second kappa shape index (κ2) is 6.07. The highest BCUT2D eigenvalue weighted by Gasteiger charge is 2.36. The molecule has 1 aromatic carbocycles. The molecule has 4 nitrogen and oxygen atoms in total. The Morgan fingerprint density at radius 3 is 2.10 bits per heavy atom. The van der Waals surface area contributed by atoms with E-state index in [-0.39, 0.29) is 23.9 Å². The van der Waals surface area contributed by atoms with Gasteiger partial charge in [0.25, 0.3) is 0 Å². The number of nitrogens with zero attached hydrogens (tertiary/aromatic N) is 1. The molecule has 1 aromatic rings. The van der Waals surface area contributed by atoms with Gasteiger partial charge in [-0.3, -0.25) is 14.9 Å². The Morgan fingerprint density at radius 2 is 1.60 bits per heavy atom. The zero-order valence-corrected chi connectivity index (χ0v) is 12.3. The lowest BCUT2D eigenvalue weighted by molar-refractivity contribution is -0.134. The minimum absolute atomic E-state index is 0.233. The second-order valence-corrected chi connectivity index (χ2v) is 5.38. The van der Waals surface area contributed by atoms with Gasteiger partial charge in [0.15, 0.2) is 0 Å². The quantitative estimate of drug-likeness (QED) is 0.857. The number of hydrogen-bond donors (Lipinski definition) is 1. The van der Waals surface area contributed by atoms with Gasteiger partial charge in [0.1, 0.15) is 12.1 Å². The van der Waals surface area contributed by atoms with Gasteiger partial charge in [0, 0.05) is 5.69 Å². The van der Waals surface area contributed by atoms with Crippen LogP contribution in [0.15, 0.2) is 24.3 Å². The molecular formula is C16H22N2O2. The van der Waals surface area contributed by atoms with Crippen molar-refractivity contribution in [2.75, 3.05) is 4.90 Å². The van der Waals surface area contributed by atoms with Gasteiger partial charge in [0.2, 0.25) is 11.8 Å². The van der Waals surface area contributed by atoms with E-state index in [0.29, 0.717) is 0 Å². The number of rotatable bonds is 4. The van der Waals surface area contributed by atoms with Crippen LogP contribution in [0.2, 0.25) is 0 Å². The summed E-state index contributed by atoms with van der Waals surface area (Å²) in [7, 11) is 0. The van der Waals surface area contributed by atoms with Crippen molar-refractivity contribution >= 4 is 17.5 Å². The molecule has 1 saturated heterocycles. The van der Waals surface area contributed by atoms with Gasteiger partial charge in [-0.1, -0.05) is 25.5 Å². The molecule has 1 aliphatic rings. The molecule has 1 fully saturated rings. The molecule has 0 aromatic heterocycles. The van der Waals surface area contributed by atoms with Crippen LogP contribution in [0.4, 0.5) is 5.69 Å². The minimum atomic E-state index is -0.329. The predicted molar refractivity (Wildman–Crippen MR) is 79.6 cm³/mol.